The van der Waals surface area contributed by atoms with E-state index in [-0.39, 0.29) is 6.54 Å². The number of carbonyl (C=O) groups excluding carboxylic acids is 1. The summed E-state index contributed by atoms with van der Waals surface area (Å²) in [5.41, 5.74) is 0.545. The molecule has 1 saturated heterocycles. The number of aromatic nitrogens is 2. The number of ether oxygens (including phenoxy) is 1. The average Bonchev–Trinajstić information content (AvgIpc) is 2.90. The first-order valence-corrected chi connectivity index (χ1v) is 6.62. The van der Waals surface area contributed by atoms with Gasteiger partial charge in [-0.25, -0.2) is 4.79 Å². The van der Waals surface area contributed by atoms with Crippen LogP contribution < -0.4 is 10.6 Å². The van der Waals surface area contributed by atoms with Crippen LogP contribution in [0.5, 0.6) is 0 Å². The van der Waals surface area contributed by atoms with Crippen LogP contribution in [0.3, 0.4) is 0 Å². The molecule has 2 rings (SSSR count). The first-order valence-electron chi connectivity index (χ1n) is 5.75. The lowest BCUT2D eigenvalue weighted by atomic mass is 9.80. The van der Waals surface area contributed by atoms with E-state index in [4.69, 9.17) is 4.74 Å². The van der Waals surface area contributed by atoms with Crippen molar-refractivity contribution < 1.29 is 19.4 Å². The van der Waals surface area contributed by atoms with Gasteiger partial charge in [-0.2, -0.15) is 0 Å². The lowest BCUT2D eigenvalue weighted by molar-refractivity contribution is -0.154. The summed E-state index contributed by atoms with van der Waals surface area (Å²) in [7, 11) is 0. The number of carbonyl (C=O) groups is 2. The Morgan fingerprint density at radius 1 is 1.47 bits per heavy atom. The van der Waals surface area contributed by atoms with Gasteiger partial charge in [0.2, 0.25) is 5.13 Å². The number of amides is 2. The summed E-state index contributed by atoms with van der Waals surface area (Å²) in [6, 6.07) is -0.483. The minimum atomic E-state index is -0.948. The number of hydrogen-bond donors (Lipinski definition) is 3. The van der Waals surface area contributed by atoms with Crippen LogP contribution >= 0.6 is 11.3 Å². The van der Waals surface area contributed by atoms with E-state index in [1.165, 1.54) is 16.8 Å². The monoisotopic (exact) mass is 286 g/mol. The highest BCUT2D eigenvalue weighted by Gasteiger charge is 2.40. The molecule has 0 bridgehead atoms. The van der Waals surface area contributed by atoms with E-state index in [1.54, 1.807) is 0 Å². The second-order valence-electron chi connectivity index (χ2n) is 4.25. The maximum Gasteiger partial charge on any atom is 0.321 e. The van der Waals surface area contributed by atoms with Crippen LogP contribution in [0.4, 0.5) is 9.93 Å². The molecule has 0 atom stereocenters. The van der Waals surface area contributed by atoms with Gasteiger partial charge in [-0.1, -0.05) is 11.3 Å². The Bertz CT molecular complexity index is 444. The molecule has 0 radical (unpaired) electrons. The predicted molar refractivity (Wildman–Crippen MR) is 67.1 cm³/mol. The minimum Gasteiger partial charge on any atom is -0.481 e. The zero-order chi connectivity index (χ0) is 13.7. The Morgan fingerprint density at radius 3 is 2.79 bits per heavy atom. The van der Waals surface area contributed by atoms with Gasteiger partial charge in [-0.3, -0.25) is 10.1 Å². The first-order chi connectivity index (χ1) is 9.12. The van der Waals surface area contributed by atoms with Crippen molar-refractivity contribution in [3.8, 4) is 0 Å². The molecular formula is C10H14N4O4S. The molecule has 19 heavy (non-hydrogen) atoms. The lowest BCUT2D eigenvalue weighted by Crippen LogP contribution is -2.47. The molecule has 3 N–H and O–H groups in total. The molecule has 0 aromatic carbocycles. The van der Waals surface area contributed by atoms with Crippen molar-refractivity contribution in [3.63, 3.8) is 0 Å². The predicted octanol–water partition coefficient (Wildman–Crippen LogP) is 0.541. The molecule has 1 aromatic rings. The summed E-state index contributed by atoms with van der Waals surface area (Å²) >= 11 is 1.19. The van der Waals surface area contributed by atoms with E-state index in [2.05, 4.69) is 20.8 Å². The Balaban J connectivity index is 1.88. The molecule has 1 aliphatic heterocycles. The number of carboxylic acid groups (broad SMARTS) is 1. The second-order valence-corrected chi connectivity index (χ2v) is 5.08. The van der Waals surface area contributed by atoms with Crippen LogP contribution in [0, 0.1) is 5.41 Å². The van der Waals surface area contributed by atoms with Gasteiger partial charge in [-0.15, -0.1) is 10.2 Å². The molecule has 1 fully saturated rings. The quantitative estimate of drug-likeness (QED) is 0.744. The number of hydrogen-bond acceptors (Lipinski definition) is 6. The molecule has 2 amide bonds. The topological polar surface area (TPSA) is 113 Å². The fourth-order valence-corrected chi connectivity index (χ4v) is 2.29. The third kappa shape index (κ3) is 3.38. The Kier molecular flexibility index (Phi) is 4.27. The van der Waals surface area contributed by atoms with Gasteiger partial charge in [0.15, 0.2) is 0 Å². The summed E-state index contributed by atoms with van der Waals surface area (Å²) in [6.45, 7) is 0.855. The fraction of sp³-hybridized carbons (Fsp3) is 0.600. The number of anilines is 1. The van der Waals surface area contributed by atoms with Crippen LogP contribution in [0.1, 0.15) is 12.8 Å². The van der Waals surface area contributed by atoms with Gasteiger partial charge in [0.25, 0.3) is 0 Å². The number of rotatable bonds is 4. The zero-order valence-electron chi connectivity index (χ0n) is 10.1. The van der Waals surface area contributed by atoms with Crippen molar-refractivity contribution in [3.05, 3.63) is 5.51 Å². The van der Waals surface area contributed by atoms with E-state index in [0.717, 1.165) is 0 Å². The lowest BCUT2D eigenvalue weighted by Gasteiger charge is -2.32. The number of nitrogens with one attached hydrogen (secondary N) is 2. The summed E-state index contributed by atoms with van der Waals surface area (Å²) < 4.78 is 5.16. The summed E-state index contributed by atoms with van der Waals surface area (Å²) in [5, 5.41) is 22.0. The molecule has 0 aliphatic carbocycles. The highest BCUT2D eigenvalue weighted by Crippen LogP contribution is 2.30. The summed E-state index contributed by atoms with van der Waals surface area (Å²) in [6.07, 6.45) is 0.781. The maximum absolute atomic E-state index is 11.6. The van der Waals surface area contributed by atoms with E-state index >= 15 is 0 Å². The van der Waals surface area contributed by atoms with Gasteiger partial charge in [0.1, 0.15) is 5.51 Å². The Hall–Kier alpha value is -1.74. The van der Waals surface area contributed by atoms with E-state index < -0.39 is 17.4 Å². The zero-order valence-corrected chi connectivity index (χ0v) is 10.9. The highest BCUT2D eigenvalue weighted by molar-refractivity contribution is 7.13. The SMILES string of the molecule is O=C(NCC1(C(=O)O)CCOCC1)Nc1nncs1. The van der Waals surface area contributed by atoms with Crippen molar-refractivity contribution in [1.82, 2.24) is 15.5 Å². The Morgan fingerprint density at radius 2 is 2.21 bits per heavy atom. The standard InChI is InChI=1S/C10H14N4O4S/c15-7(16)10(1-3-18-4-2-10)5-11-8(17)13-9-14-12-6-19-9/h6H,1-5H2,(H,15,16)(H2,11,13,14,17). The van der Waals surface area contributed by atoms with E-state index in [9.17, 15) is 14.7 Å². The highest BCUT2D eigenvalue weighted by atomic mass is 32.1. The molecule has 1 aliphatic rings. The summed E-state index contributed by atoms with van der Waals surface area (Å²) in [4.78, 5) is 23.0. The molecule has 0 unspecified atom stereocenters. The van der Waals surface area contributed by atoms with Gasteiger partial charge in [0, 0.05) is 19.8 Å². The van der Waals surface area contributed by atoms with Gasteiger partial charge >= 0.3 is 12.0 Å². The maximum atomic E-state index is 11.6. The van der Waals surface area contributed by atoms with Gasteiger partial charge < -0.3 is 15.2 Å². The molecule has 2 heterocycles. The van der Waals surface area contributed by atoms with E-state index in [1.807, 2.05) is 0 Å². The van der Waals surface area contributed by atoms with Crippen molar-refractivity contribution >= 4 is 28.5 Å². The van der Waals surface area contributed by atoms with Crippen molar-refractivity contribution in [1.29, 1.82) is 0 Å². The number of carboxylic acids is 1. The minimum absolute atomic E-state index is 0.0658. The van der Waals surface area contributed by atoms with Crippen molar-refractivity contribution in [2.75, 3.05) is 25.1 Å². The van der Waals surface area contributed by atoms with Crippen LogP contribution in [0.2, 0.25) is 0 Å². The molecule has 0 saturated carbocycles. The second kappa shape index (κ2) is 5.93. The molecule has 8 nitrogen and oxygen atoms in total. The molecule has 104 valence electrons. The average molecular weight is 286 g/mol. The molecule has 0 spiro atoms. The van der Waals surface area contributed by atoms with Gasteiger partial charge in [0.05, 0.1) is 5.41 Å². The molecule has 1 aromatic heterocycles. The van der Waals surface area contributed by atoms with E-state index in [0.29, 0.717) is 31.2 Å². The normalized spacial score (nSPS) is 17.7. The van der Waals surface area contributed by atoms with Crippen LogP contribution in [-0.4, -0.2) is 47.1 Å². The third-order valence-electron chi connectivity index (χ3n) is 3.07. The smallest absolute Gasteiger partial charge is 0.321 e. The van der Waals surface area contributed by atoms with Crippen LogP contribution in [0.25, 0.3) is 0 Å². The number of aliphatic carboxylic acids is 1. The number of nitrogens with zero attached hydrogens (tertiary/aromatic N) is 2. The Labute approximate surface area is 113 Å². The molecule has 9 heteroatoms. The fourth-order valence-electron chi connectivity index (χ4n) is 1.85. The molecular weight excluding hydrogens is 272 g/mol. The third-order valence-corrected chi connectivity index (χ3v) is 3.68. The first kappa shape index (κ1) is 13.7. The van der Waals surface area contributed by atoms with Crippen LogP contribution in [-0.2, 0) is 9.53 Å². The van der Waals surface area contributed by atoms with Crippen LogP contribution in [0.15, 0.2) is 5.51 Å². The number of urea groups is 1. The van der Waals surface area contributed by atoms with Crippen molar-refractivity contribution in [2.45, 2.75) is 12.8 Å². The van der Waals surface area contributed by atoms with Gasteiger partial charge in [-0.05, 0) is 12.8 Å². The largest absolute Gasteiger partial charge is 0.481 e. The van der Waals surface area contributed by atoms with Crippen molar-refractivity contribution in [2.24, 2.45) is 5.41 Å². The summed E-state index contributed by atoms with van der Waals surface area (Å²) in [5.74, 6) is -0.910.